The van der Waals surface area contributed by atoms with Crippen LogP contribution in [0.15, 0.2) is 35.6 Å². The zero-order valence-corrected chi connectivity index (χ0v) is 17.0. The van der Waals surface area contributed by atoms with E-state index in [-0.39, 0.29) is 17.3 Å². The van der Waals surface area contributed by atoms with E-state index >= 15 is 0 Å². The van der Waals surface area contributed by atoms with Crippen LogP contribution in [0.5, 0.6) is 0 Å². The second-order valence-corrected chi connectivity index (χ2v) is 8.78. The number of para-hydroxylation sites is 1. The summed E-state index contributed by atoms with van der Waals surface area (Å²) in [5.74, 6) is 0.0568. The molecule has 2 aromatic heterocycles. The lowest BCUT2D eigenvalue weighted by molar-refractivity contribution is -0.113. The number of anilines is 2. The molecule has 1 aromatic carbocycles. The van der Waals surface area contributed by atoms with E-state index in [9.17, 15) is 9.18 Å². The Balaban J connectivity index is 1.46. The molecule has 1 N–H and O–H groups in total. The Bertz CT molecular complexity index is 995. The van der Waals surface area contributed by atoms with Crippen LogP contribution < -0.4 is 10.2 Å². The zero-order valence-electron chi connectivity index (χ0n) is 15.4. The standard InChI is InChI=1S/C19H20FN5OS2/c1-12-5-4-8-25(9-12)19-24-17-16(28-19)18(22-11-21-17)27-10-15(26)23-14-7-3-2-6-13(14)20/h2-3,6-7,11-12H,4-5,8-10H2,1H3,(H,23,26)/t12-/m0/s1. The van der Waals surface area contributed by atoms with Gasteiger partial charge in [-0.2, -0.15) is 4.98 Å². The van der Waals surface area contributed by atoms with Crippen molar-refractivity contribution < 1.29 is 9.18 Å². The highest BCUT2D eigenvalue weighted by atomic mass is 32.2. The highest BCUT2D eigenvalue weighted by Gasteiger charge is 2.21. The average Bonchev–Trinajstić information content (AvgIpc) is 3.13. The SMILES string of the molecule is C[C@H]1CCCN(c2nc3ncnc(SCC(=O)Nc4ccccc4F)c3s2)C1. The van der Waals surface area contributed by atoms with Crippen LogP contribution in [0.3, 0.4) is 0 Å². The first kappa shape index (κ1) is 19.1. The quantitative estimate of drug-likeness (QED) is 0.496. The van der Waals surface area contributed by atoms with E-state index in [0.29, 0.717) is 11.6 Å². The molecule has 0 unspecified atom stereocenters. The minimum Gasteiger partial charge on any atom is -0.348 e. The Morgan fingerprint density at radius 2 is 2.25 bits per heavy atom. The summed E-state index contributed by atoms with van der Waals surface area (Å²) in [6.45, 7) is 4.26. The molecular weight excluding hydrogens is 397 g/mol. The third-order valence-electron chi connectivity index (χ3n) is 4.56. The van der Waals surface area contributed by atoms with Gasteiger partial charge in [-0.05, 0) is 30.9 Å². The van der Waals surface area contributed by atoms with Crippen molar-refractivity contribution in [3.63, 3.8) is 0 Å². The number of nitrogens with one attached hydrogen (secondary N) is 1. The molecule has 0 radical (unpaired) electrons. The summed E-state index contributed by atoms with van der Waals surface area (Å²) in [7, 11) is 0. The molecule has 1 atom stereocenters. The van der Waals surface area contributed by atoms with Crippen LogP contribution in [0.2, 0.25) is 0 Å². The Morgan fingerprint density at radius 3 is 3.07 bits per heavy atom. The fraction of sp³-hybridized carbons (Fsp3) is 0.368. The van der Waals surface area contributed by atoms with Crippen LogP contribution in [0, 0.1) is 11.7 Å². The van der Waals surface area contributed by atoms with Gasteiger partial charge in [0.2, 0.25) is 5.91 Å². The third-order valence-corrected chi connectivity index (χ3v) is 6.79. The van der Waals surface area contributed by atoms with Crippen molar-refractivity contribution in [3.05, 3.63) is 36.4 Å². The lowest BCUT2D eigenvalue weighted by Crippen LogP contribution is -2.34. The first-order chi connectivity index (χ1) is 13.6. The van der Waals surface area contributed by atoms with E-state index < -0.39 is 5.82 Å². The van der Waals surface area contributed by atoms with Gasteiger partial charge in [0, 0.05) is 13.1 Å². The molecule has 1 aliphatic rings. The second-order valence-electron chi connectivity index (χ2n) is 6.84. The minimum absolute atomic E-state index is 0.133. The Hall–Kier alpha value is -2.26. The van der Waals surface area contributed by atoms with E-state index in [4.69, 9.17) is 0 Å². The molecule has 1 amide bonds. The number of amides is 1. The molecule has 9 heteroatoms. The van der Waals surface area contributed by atoms with Gasteiger partial charge in [0.1, 0.15) is 21.9 Å². The molecule has 28 heavy (non-hydrogen) atoms. The number of halogens is 1. The highest BCUT2D eigenvalue weighted by molar-refractivity contribution is 8.00. The zero-order chi connectivity index (χ0) is 19.5. The molecule has 0 bridgehead atoms. The van der Waals surface area contributed by atoms with E-state index in [0.717, 1.165) is 27.9 Å². The van der Waals surface area contributed by atoms with Gasteiger partial charge in [-0.25, -0.2) is 14.4 Å². The first-order valence-electron chi connectivity index (χ1n) is 9.14. The van der Waals surface area contributed by atoms with Crippen molar-refractivity contribution in [2.24, 2.45) is 5.92 Å². The van der Waals surface area contributed by atoms with Gasteiger partial charge in [0.15, 0.2) is 10.8 Å². The van der Waals surface area contributed by atoms with E-state index in [1.165, 1.54) is 43.1 Å². The largest absolute Gasteiger partial charge is 0.348 e. The van der Waals surface area contributed by atoms with E-state index in [1.54, 1.807) is 23.5 Å². The molecule has 0 aliphatic carbocycles. The summed E-state index contributed by atoms with van der Waals surface area (Å²) in [5, 5.41) is 4.27. The molecule has 3 aromatic rings. The lowest BCUT2D eigenvalue weighted by atomic mass is 10.0. The number of benzene rings is 1. The maximum atomic E-state index is 13.7. The van der Waals surface area contributed by atoms with Gasteiger partial charge in [-0.1, -0.05) is 42.2 Å². The summed E-state index contributed by atoms with van der Waals surface area (Å²) in [6.07, 6.45) is 3.89. The minimum atomic E-state index is -0.451. The number of carbonyl (C=O) groups is 1. The van der Waals surface area contributed by atoms with Gasteiger partial charge >= 0.3 is 0 Å². The maximum Gasteiger partial charge on any atom is 0.234 e. The van der Waals surface area contributed by atoms with Gasteiger partial charge < -0.3 is 10.2 Å². The van der Waals surface area contributed by atoms with Crippen LogP contribution in [0.1, 0.15) is 19.8 Å². The molecule has 6 nitrogen and oxygen atoms in total. The number of rotatable bonds is 5. The predicted octanol–water partition coefficient (Wildman–Crippen LogP) is 4.19. The molecule has 3 heterocycles. The number of fused-ring (bicyclic) bond motifs is 1. The van der Waals surface area contributed by atoms with Gasteiger partial charge in [-0.3, -0.25) is 4.79 Å². The Labute approximate surface area is 170 Å². The monoisotopic (exact) mass is 417 g/mol. The molecule has 1 aliphatic heterocycles. The van der Waals surface area contributed by atoms with Crippen LogP contribution in [-0.4, -0.2) is 39.7 Å². The van der Waals surface area contributed by atoms with Gasteiger partial charge in [-0.15, -0.1) is 0 Å². The van der Waals surface area contributed by atoms with Crippen molar-refractivity contribution in [1.82, 2.24) is 15.0 Å². The van der Waals surface area contributed by atoms with Crippen molar-refractivity contribution >= 4 is 50.2 Å². The Kier molecular flexibility index (Phi) is 5.72. The topological polar surface area (TPSA) is 71.0 Å². The number of thioether (sulfide) groups is 1. The van der Waals surface area contributed by atoms with Crippen molar-refractivity contribution in [2.75, 3.05) is 29.1 Å². The fourth-order valence-corrected chi connectivity index (χ4v) is 5.13. The highest BCUT2D eigenvalue weighted by Crippen LogP contribution is 2.35. The molecule has 1 saturated heterocycles. The molecule has 146 valence electrons. The smallest absolute Gasteiger partial charge is 0.234 e. The van der Waals surface area contributed by atoms with Gasteiger partial charge in [0.25, 0.3) is 0 Å². The number of carbonyl (C=O) groups excluding carboxylic acids is 1. The summed E-state index contributed by atoms with van der Waals surface area (Å²) in [4.78, 5) is 27.8. The average molecular weight is 418 g/mol. The molecule has 4 rings (SSSR count). The van der Waals surface area contributed by atoms with E-state index in [2.05, 4.69) is 32.1 Å². The summed E-state index contributed by atoms with van der Waals surface area (Å²) in [6, 6.07) is 6.12. The molecule has 1 fully saturated rings. The number of thiazole rings is 1. The van der Waals surface area contributed by atoms with Crippen molar-refractivity contribution in [3.8, 4) is 0 Å². The molecule has 0 spiro atoms. The van der Waals surface area contributed by atoms with Crippen LogP contribution in [-0.2, 0) is 4.79 Å². The third kappa shape index (κ3) is 4.25. The number of aromatic nitrogens is 3. The lowest BCUT2D eigenvalue weighted by Gasteiger charge is -2.30. The summed E-state index contributed by atoms with van der Waals surface area (Å²) in [5.41, 5.74) is 0.838. The van der Waals surface area contributed by atoms with Crippen LogP contribution in [0.4, 0.5) is 15.2 Å². The fourth-order valence-electron chi connectivity index (χ4n) is 3.21. The number of piperidine rings is 1. The predicted molar refractivity (Wildman–Crippen MR) is 112 cm³/mol. The Morgan fingerprint density at radius 1 is 1.39 bits per heavy atom. The molecular formula is C19H20FN5OS2. The van der Waals surface area contributed by atoms with E-state index in [1.807, 2.05) is 0 Å². The number of nitrogens with zero attached hydrogens (tertiary/aromatic N) is 4. The number of hydrogen-bond donors (Lipinski definition) is 1. The first-order valence-corrected chi connectivity index (χ1v) is 10.9. The second kappa shape index (κ2) is 8.40. The number of hydrogen-bond acceptors (Lipinski definition) is 7. The van der Waals surface area contributed by atoms with Crippen LogP contribution in [0.25, 0.3) is 10.3 Å². The normalized spacial score (nSPS) is 17.1. The molecule has 0 saturated carbocycles. The summed E-state index contributed by atoms with van der Waals surface area (Å²) >= 11 is 2.88. The van der Waals surface area contributed by atoms with Crippen LogP contribution >= 0.6 is 23.1 Å². The van der Waals surface area contributed by atoms with Crippen molar-refractivity contribution in [2.45, 2.75) is 24.8 Å². The summed E-state index contributed by atoms with van der Waals surface area (Å²) < 4.78 is 14.6. The maximum absolute atomic E-state index is 13.7. The van der Waals surface area contributed by atoms with Crippen molar-refractivity contribution in [1.29, 1.82) is 0 Å². The van der Waals surface area contributed by atoms with Gasteiger partial charge in [0.05, 0.1) is 11.4 Å².